The van der Waals surface area contributed by atoms with E-state index in [2.05, 4.69) is 11.4 Å². The number of sulfonamides is 1. The van der Waals surface area contributed by atoms with E-state index in [1.165, 1.54) is 17.7 Å². The number of carbonyl (C=O) groups is 1. The number of para-hydroxylation sites is 1. The zero-order valence-electron chi connectivity index (χ0n) is 13.8. The van der Waals surface area contributed by atoms with Crippen LogP contribution in [0.25, 0.3) is 0 Å². The van der Waals surface area contributed by atoms with E-state index >= 15 is 0 Å². The zero-order chi connectivity index (χ0) is 17.9. The predicted molar refractivity (Wildman–Crippen MR) is 96.8 cm³/mol. The highest BCUT2D eigenvalue weighted by Gasteiger charge is 2.20. The van der Waals surface area contributed by atoms with Crippen molar-refractivity contribution in [3.8, 4) is 0 Å². The van der Waals surface area contributed by atoms with Crippen LogP contribution in [0.4, 0.5) is 10.5 Å². The summed E-state index contributed by atoms with van der Waals surface area (Å²) in [6, 6.07) is 14.0. The highest BCUT2D eigenvalue weighted by atomic mass is 32.2. The first kappa shape index (κ1) is 17.4. The molecule has 6 nitrogen and oxygen atoms in total. The number of urea groups is 1. The van der Waals surface area contributed by atoms with Gasteiger partial charge in [-0.2, -0.15) is 0 Å². The minimum Gasteiger partial charge on any atom is -0.334 e. The number of nitrogens with one attached hydrogen (secondary N) is 1. The van der Waals surface area contributed by atoms with E-state index in [-0.39, 0.29) is 10.9 Å². The minimum absolute atomic E-state index is 0.0593. The topological polar surface area (TPSA) is 92.5 Å². The van der Waals surface area contributed by atoms with Crippen molar-refractivity contribution in [1.29, 1.82) is 0 Å². The van der Waals surface area contributed by atoms with Gasteiger partial charge in [0.15, 0.2) is 0 Å². The number of anilines is 1. The van der Waals surface area contributed by atoms with Crippen LogP contribution in [-0.2, 0) is 23.0 Å². The quantitative estimate of drug-likeness (QED) is 0.881. The Morgan fingerprint density at radius 1 is 1.08 bits per heavy atom. The standard InChI is InChI=1S/C18H21N3O3S/c19-25(23,24)16-10-8-14(9-11-16)13-20-18(22)21-12-4-3-6-15-5-1-2-7-17(15)21/h1-2,5,7-11H,3-4,6,12-13H2,(H,20,22)(H2,19,23,24). The first-order valence-corrected chi connectivity index (χ1v) is 9.75. The van der Waals surface area contributed by atoms with Crippen LogP contribution in [0.15, 0.2) is 53.4 Å². The molecule has 0 bridgehead atoms. The molecule has 0 unspecified atom stereocenters. The van der Waals surface area contributed by atoms with Gasteiger partial charge >= 0.3 is 6.03 Å². The maximum absolute atomic E-state index is 12.6. The molecule has 7 heteroatoms. The molecule has 3 rings (SSSR count). The third-order valence-electron chi connectivity index (χ3n) is 4.30. The molecule has 132 valence electrons. The van der Waals surface area contributed by atoms with Crippen LogP contribution >= 0.6 is 0 Å². The lowest BCUT2D eigenvalue weighted by molar-refractivity contribution is 0.246. The van der Waals surface area contributed by atoms with Crippen molar-refractivity contribution >= 4 is 21.7 Å². The summed E-state index contributed by atoms with van der Waals surface area (Å²) in [5.74, 6) is 0. The molecule has 3 N–H and O–H groups in total. The van der Waals surface area contributed by atoms with E-state index in [0.29, 0.717) is 13.1 Å². The molecule has 0 radical (unpaired) electrons. The fraction of sp³-hybridized carbons (Fsp3) is 0.278. The van der Waals surface area contributed by atoms with Crippen LogP contribution in [0.3, 0.4) is 0 Å². The lowest BCUT2D eigenvalue weighted by Crippen LogP contribution is -2.40. The maximum Gasteiger partial charge on any atom is 0.322 e. The number of amides is 2. The van der Waals surface area contributed by atoms with Crippen LogP contribution < -0.4 is 15.4 Å². The second kappa shape index (κ2) is 7.25. The molecule has 0 fully saturated rings. The molecule has 25 heavy (non-hydrogen) atoms. The number of carbonyl (C=O) groups excluding carboxylic acids is 1. The van der Waals surface area contributed by atoms with Crippen LogP contribution in [0, 0.1) is 0 Å². The third kappa shape index (κ3) is 4.18. The number of benzene rings is 2. The fourth-order valence-electron chi connectivity index (χ4n) is 2.97. The summed E-state index contributed by atoms with van der Waals surface area (Å²) in [5.41, 5.74) is 2.96. The monoisotopic (exact) mass is 359 g/mol. The van der Waals surface area contributed by atoms with Crippen molar-refractivity contribution in [3.63, 3.8) is 0 Å². The Labute approximate surface area is 147 Å². The molecule has 1 aliphatic rings. The minimum atomic E-state index is -3.70. The van der Waals surface area contributed by atoms with Crippen LogP contribution in [0.5, 0.6) is 0 Å². The molecule has 2 amide bonds. The normalized spacial score (nSPS) is 14.5. The summed E-state index contributed by atoms with van der Waals surface area (Å²) in [5, 5.41) is 7.98. The Hall–Kier alpha value is -2.38. The van der Waals surface area contributed by atoms with Gasteiger partial charge in [-0.3, -0.25) is 4.90 Å². The van der Waals surface area contributed by atoms with E-state index < -0.39 is 10.0 Å². The van der Waals surface area contributed by atoms with Crippen LogP contribution in [0.2, 0.25) is 0 Å². The van der Waals surface area contributed by atoms with Crippen LogP contribution in [0.1, 0.15) is 24.0 Å². The SMILES string of the molecule is NS(=O)(=O)c1ccc(CNC(=O)N2CCCCc3ccccc32)cc1. The molecule has 0 saturated heterocycles. The Morgan fingerprint density at radius 2 is 1.80 bits per heavy atom. The molecular formula is C18H21N3O3S. The highest BCUT2D eigenvalue weighted by molar-refractivity contribution is 7.89. The van der Waals surface area contributed by atoms with Gasteiger partial charge in [0.2, 0.25) is 10.0 Å². The van der Waals surface area contributed by atoms with E-state index in [9.17, 15) is 13.2 Å². The molecule has 1 aliphatic heterocycles. The number of aryl methyl sites for hydroxylation is 1. The number of fused-ring (bicyclic) bond motifs is 1. The first-order valence-electron chi connectivity index (χ1n) is 8.20. The summed E-state index contributed by atoms with van der Waals surface area (Å²) in [6.07, 6.45) is 3.01. The first-order chi connectivity index (χ1) is 11.9. The number of primary sulfonamides is 1. The molecule has 1 heterocycles. The van der Waals surface area contributed by atoms with Gasteiger partial charge in [-0.15, -0.1) is 0 Å². The molecular weight excluding hydrogens is 338 g/mol. The zero-order valence-corrected chi connectivity index (χ0v) is 14.6. The maximum atomic E-state index is 12.6. The Kier molecular flexibility index (Phi) is 5.06. The van der Waals surface area contributed by atoms with E-state index in [4.69, 9.17) is 5.14 Å². The molecule has 2 aromatic carbocycles. The Morgan fingerprint density at radius 3 is 2.52 bits per heavy atom. The summed E-state index contributed by atoms with van der Waals surface area (Å²) in [6.45, 7) is 1.01. The average Bonchev–Trinajstić information content (AvgIpc) is 2.82. The van der Waals surface area contributed by atoms with E-state index in [1.54, 1.807) is 17.0 Å². The van der Waals surface area contributed by atoms with E-state index in [0.717, 1.165) is 30.5 Å². The number of hydrogen-bond donors (Lipinski definition) is 2. The summed E-state index contributed by atoms with van der Waals surface area (Å²) in [4.78, 5) is 14.5. The van der Waals surface area contributed by atoms with Gasteiger partial charge in [0.05, 0.1) is 4.90 Å². The van der Waals surface area contributed by atoms with Gasteiger partial charge in [0, 0.05) is 18.8 Å². The van der Waals surface area contributed by atoms with Crippen LogP contribution in [-0.4, -0.2) is 21.0 Å². The second-order valence-electron chi connectivity index (χ2n) is 6.09. The summed E-state index contributed by atoms with van der Waals surface area (Å²) >= 11 is 0. The van der Waals surface area contributed by atoms with Gasteiger partial charge in [-0.05, 0) is 48.6 Å². The van der Waals surface area contributed by atoms with Gasteiger partial charge in [0.1, 0.15) is 0 Å². The number of nitrogens with zero attached hydrogens (tertiary/aromatic N) is 1. The van der Waals surface area contributed by atoms with Crippen molar-refractivity contribution in [2.24, 2.45) is 5.14 Å². The van der Waals surface area contributed by atoms with E-state index in [1.807, 2.05) is 18.2 Å². The smallest absolute Gasteiger partial charge is 0.322 e. The van der Waals surface area contributed by atoms with Crippen molar-refractivity contribution in [3.05, 3.63) is 59.7 Å². The van der Waals surface area contributed by atoms with Gasteiger partial charge in [0.25, 0.3) is 0 Å². The average molecular weight is 359 g/mol. The second-order valence-corrected chi connectivity index (χ2v) is 7.65. The number of hydrogen-bond acceptors (Lipinski definition) is 3. The van der Waals surface area contributed by atoms with Gasteiger partial charge < -0.3 is 5.32 Å². The fourth-order valence-corrected chi connectivity index (χ4v) is 3.49. The number of nitrogens with two attached hydrogens (primary N) is 1. The predicted octanol–water partition coefficient (Wildman–Crippen LogP) is 2.39. The van der Waals surface area contributed by atoms with Crippen molar-refractivity contribution in [2.45, 2.75) is 30.7 Å². The Bertz CT molecular complexity index is 863. The summed E-state index contributed by atoms with van der Waals surface area (Å²) in [7, 11) is -3.70. The molecule has 0 aromatic heterocycles. The summed E-state index contributed by atoms with van der Waals surface area (Å²) < 4.78 is 22.5. The molecule has 0 spiro atoms. The number of rotatable bonds is 3. The van der Waals surface area contributed by atoms with Crippen molar-refractivity contribution < 1.29 is 13.2 Å². The van der Waals surface area contributed by atoms with Crippen molar-refractivity contribution in [1.82, 2.24) is 5.32 Å². The van der Waals surface area contributed by atoms with Crippen molar-refractivity contribution in [2.75, 3.05) is 11.4 Å². The molecule has 2 aromatic rings. The highest BCUT2D eigenvalue weighted by Crippen LogP contribution is 2.26. The lowest BCUT2D eigenvalue weighted by Gasteiger charge is -2.23. The Balaban J connectivity index is 1.69. The largest absolute Gasteiger partial charge is 0.334 e. The molecule has 0 aliphatic carbocycles. The van der Waals surface area contributed by atoms with Gasteiger partial charge in [-0.25, -0.2) is 18.4 Å². The third-order valence-corrected chi connectivity index (χ3v) is 5.23. The molecule has 0 atom stereocenters. The molecule has 0 saturated carbocycles. The lowest BCUT2D eigenvalue weighted by atomic mass is 10.1. The van der Waals surface area contributed by atoms with Gasteiger partial charge in [-0.1, -0.05) is 30.3 Å².